The third-order valence-electron chi connectivity index (χ3n) is 5.59. The Kier molecular flexibility index (Phi) is 3.59. The number of aromatic nitrogens is 2. The molecular formula is C19H24N4O. The van der Waals surface area contributed by atoms with Crippen LogP contribution in [0.2, 0.25) is 0 Å². The van der Waals surface area contributed by atoms with Gasteiger partial charge >= 0.3 is 0 Å². The van der Waals surface area contributed by atoms with E-state index in [1.807, 2.05) is 54.4 Å². The summed E-state index contributed by atoms with van der Waals surface area (Å²) < 4.78 is 0. The standard InChI is InChI=1S/C19H24N4O/c1-22(2)16-6-3-5-14(11-16)18(24)23-10-4-8-19(13-23)9-7-15-12-20-21-17(15)19/h3,5-6,11-12H,4,7-10,13H2,1-2H3,(H,20,21). The number of hydrogen-bond acceptors (Lipinski definition) is 3. The van der Waals surface area contributed by atoms with Gasteiger partial charge in [-0.25, -0.2) is 0 Å². The molecule has 2 aromatic rings. The molecule has 1 amide bonds. The van der Waals surface area contributed by atoms with Crippen LogP contribution in [0.4, 0.5) is 5.69 Å². The summed E-state index contributed by atoms with van der Waals surface area (Å²) in [5, 5.41) is 7.43. The van der Waals surface area contributed by atoms with Crippen LogP contribution in [0.3, 0.4) is 0 Å². The molecule has 0 radical (unpaired) electrons. The molecule has 1 aliphatic carbocycles. The molecular weight excluding hydrogens is 300 g/mol. The normalized spacial score (nSPS) is 22.7. The maximum atomic E-state index is 13.0. The van der Waals surface area contributed by atoms with Crippen LogP contribution in [0.15, 0.2) is 30.5 Å². The molecule has 5 heteroatoms. The van der Waals surface area contributed by atoms with Crippen molar-refractivity contribution in [3.05, 3.63) is 47.3 Å². The molecule has 1 fully saturated rings. The highest BCUT2D eigenvalue weighted by molar-refractivity contribution is 5.95. The third kappa shape index (κ3) is 2.39. The minimum absolute atomic E-state index is 0.0822. The van der Waals surface area contributed by atoms with Crippen LogP contribution in [-0.4, -0.2) is 48.2 Å². The zero-order valence-electron chi connectivity index (χ0n) is 14.4. The molecule has 4 rings (SSSR count). The predicted octanol–water partition coefficient (Wildman–Crippen LogP) is 2.60. The molecule has 1 aromatic heterocycles. The second-order valence-electron chi connectivity index (χ2n) is 7.33. The number of aromatic amines is 1. The van der Waals surface area contributed by atoms with Crippen LogP contribution in [0.1, 0.15) is 40.9 Å². The maximum absolute atomic E-state index is 13.0. The molecule has 24 heavy (non-hydrogen) atoms. The number of anilines is 1. The van der Waals surface area contributed by atoms with E-state index in [4.69, 9.17) is 0 Å². The van der Waals surface area contributed by atoms with Crippen molar-refractivity contribution in [1.82, 2.24) is 15.1 Å². The van der Waals surface area contributed by atoms with Crippen LogP contribution < -0.4 is 4.90 Å². The van der Waals surface area contributed by atoms with Gasteiger partial charge in [-0.1, -0.05) is 6.07 Å². The van der Waals surface area contributed by atoms with Crippen molar-refractivity contribution in [1.29, 1.82) is 0 Å². The largest absolute Gasteiger partial charge is 0.378 e. The molecule has 1 N–H and O–H groups in total. The molecule has 1 atom stereocenters. The van der Waals surface area contributed by atoms with Gasteiger partial charge in [0.05, 0.1) is 6.20 Å². The van der Waals surface area contributed by atoms with Crippen LogP contribution in [-0.2, 0) is 11.8 Å². The summed E-state index contributed by atoms with van der Waals surface area (Å²) in [7, 11) is 4.00. The number of nitrogens with one attached hydrogen (secondary N) is 1. The van der Waals surface area contributed by atoms with Crippen molar-refractivity contribution in [2.24, 2.45) is 0 Å². The average Bonchev–Trinajstić information content (AvgIpc) is 3.19. The van der Waals surface area contributed by atoms with Crippen molar-refractivity contribution >= 4 is 11.6 Å². The summed E-state index contributed by atoms with van der Waals surface area (Å²) in [6.45, 7) is 1.64. The number of aryl methyl sites for hydroxylation is 1. The Morgan fingerprint density at radius 2 is 2.21 bits per heavy atom. The first-order valence-corrected chi connectivity index (χ1v) is 8.68. The molecule has 1 aromatic carbocycles. The Hall–Kier alpha value is -2.30. The van der Waals surface area contributed by atoms with E-state index in [1.165, 1.54) is 11.3 Å². The lowest BCUT2D eigenvalue weighted by Gasteiger charge is -2.40. The number of carbonyl (C=O) groups is 1. The van der Waals surface area contributed by atoms with E-state index in [9.17, 15) is 4.79 Å². The van der Waals surface area contributed by atoms with Gasteiger partial charge in [0.2, 0.25) is 0 Å². The molecule has 0 saturated carbocycles. The first-order chi connectivity index (χ1) is 11.6. The first-order valence-electron chi connectivity index (χ1n) is 8.68. The van der Waals surface area contributed by atoms with E-state index in [0.29, 0.717) is 0 Å². The smallest absolute Gasteiger partial charge is 0.253 e. The number of nitrogens with zero attached hydrogens (tertiary/aromatic N) is 3. The number of rotatable bonds is 2. The van der Waals surface area contributed by atoms with E-state index in [-0.39, 0.29) is 11.3 Å². The second-order valence-corrected chi connectivity index (χ2v) is 7.33. The number of benzene rings is 1. The van der Waals surface area contributed by atoms with E-state index in [1.54, 1.807) is 0 Å². The van der Waals surface area contributed by atoms with Crippen LogP contribution in [0, 0.1) is 0 Å². The zero-order chi connectivity index (χ0) is 16.7. The van der Waals surface area contributed by atoms with E-state index in [2.05, 4.69) is 10.2 Å². The number of likely N-dealkylation sites (tertiary alicyclic amines) is 1. The van der Waals surface area contributed by atoms with Gasteiger partial charge in [-0.2, -0.15) is 5.10 Å². The fourth-order valence-corrected chi connectivity index (χ4v) is 4.27. The molecule has 1 aliphatic heterocycles. The van der Waals surface area contributed by atoms with Crippen LogP contribution in [0.25, 0.3) is 0 Å². The van der Waals surface area contributed by atoms with Crippen molar-refractivity contribution in [2.45, 2.75) is 31.1 Å². The molecule has 1 unspecified atom stereocenters. The second kappa shape index (κ2) is 5.65. The molecule has 2 aliphatic rings. The van der Waals surface area contributed by atoms with Crippen LogP contribution >= 0.6 is 0 Å². The van der Waals surface area contributed by atoms with Crippen molar-refractivity contribution < 1.29 is 4.79 Å². The Morgan fingerprint density at radius 1 is 1.33 bits per heavy atom. The highest BCUT2D eigenvalue weighted by Gasteiger charge is 2.44. The highest BCUT2D eigenvalue weighted by atomic mass is 16.2. The topological polar surface area (TPSA) is 52.2 Å². The van der Waals surface area contributed by atoms with E-state index >= 15 is 0 Å². The molecule has 126 valence electrons. The quantitative estimate of drug-likeness (QED) is 0.924. The Balaban J connectivity index is 1.59. The number of hydrogen-bond donors (Lipinski definition) is 1. The number of carbonyl (C=O) groups excluding carboxylic acids is 1. The summed E-state index contributed by atoms with van der Waals surface area (Å²) >= 11 is 0. The van der Waals surface area contributed by atoms with Gasteiger partial charge in [-0.05, 0) is 49.4 Å². The van der Waals surface area contributed by atoms with Gasteiger partial charge in [-0.15, -0.1) is 0 Å². The summed E-state index contributed by atoms with van der Waals surface area (Å²) in [5.41, 5.74) is 4.52. The molecule has 2 heterocycles. The monoisotopic (exact) mass is 324 g/mol. The maximum Gasteiger partial charge on any atom is 0.253 e. The molecule has 1 spiro atoms. The van der Waals surface area contributed by atoms with Crippen molar-refractivity contribution in [2.75, 3.05) is 32.1 Å². The number of amides is 1. The Labute approximate surface area is 142 Å². The van der Waals surface area contributed by atoms with Crippen molar-refractivity contribution in [3.8, 4) is 0 Å². The lowest BCUT2D eigenvalue weighted by Crippen LogP contribution is -2.47. The zero-order valence-corrected chi connectivity index (χ0v) is 14.4. The van der Waals surface area contributed by atoms with Gasteiger partial charge in [0.25, 0.3) is 5.91 Å². The van der Waals surface area contributed by atoms with E-state index in [0.717, 1.165) is 50.0 Å². The number of piperidine rings is 1. The minimum atomic E-state index is 0.0822. The lowest BCUT2D eigenvalue weighted by molar-refractivity contribution is 0.0633. The van der Waals surface area contributed by atoms with Crippen molar-refractivity contribution in [3.63, 3.8) is 0 Å². The summed E-state index contributed by atoms with van der Waals surface area (Å²) in [6.07, 6.45) is 6.34. The predicted molar refractivity (Wildman–Crippen MR) is 94.5 cm³/mol. The molecule has 1 saturated heterocycles. The Morgan fingerprint density at radius 3 is 3.04 bits per heavy atom. The third-order valence-corrected chi connectivity index (χ3v) is 5.59. The van der Waals surface area contributed by atoms with Gasteiger partial charge in [0, 0.05) is 49.5 Å². The molecule has 0 bridgehead atoms. The summed E-state index contributed by atoms with van der Waals surface area (Å²) in [6, 6.07) is 7.90. The highest BCUT2D eigenvalue weighted by Crippen LogP contribution is 2.44. The Bertz CT molecular complexity index is 766. The fourth-order valence-electron chi connectivity index (χ4n) is 4.27. The first kappa shape index (κ1) is 15.2. The fraction of sp³-hybridized carbons (Fsp3) is 0.474. The summed E-state index contributed by atoms with van der Waals surface area (Å²) in [4.78, 5) is 17.1. The van der Waals surface area contributed by atoms with Gasteiger partial charge in [0.15, 0.2) is 0 Å². The number of H-pyrrole nitrogens is 1. The van der Waals surface area contributed by atoms with Crippen LogP contribution in [0.5, 0.6) is 0 Å². The van der Waals surface area contributed by atoms with Gasteiger partial charge in [0.1, 0.15) is 0 Å². The SMILES string of the molecule is CN(C)c1cccc(C(=O)N2CCCC3(CCc4cn[nH]c43)C2)c1. The average molecular weight is 324 g/mol. The van der Waals surface area contributed by atoms with Gasteiger partial charge < -0.3 is 9.80 Å². The summed E-state index contributed by atoms with van der Waals surface area (Å²) in [5.74, 6) is 0.144. The lowest BCUT2D eigenvalue weighted by atomic mass is 9.77. The van der Waals surface area contributed by atoms with E-state index < -0.39 is 0 Å². The minimum Gasteiger partial charge on any atom is -0.378 e. The molecule has 5 nitrogen and oxygen atoms in total. The van der Waals surface area contributed by atoms with Gasteiger partial charge in [-0.3, -0.25) is 9.89 Å². The number of fused-ring (bicyclic) bond motifs is 2.